The number of nitrogens with zero attached hydrogens (tertiary/aromatic N) is 1. The van der Waals surface area contributed by atoms with Gasteiger partial charge in [0.2, 0.25) is 0 Å². The zero-order valence-corrected chi connectivity index (χ0v) is 38.9. The highest BCUT2D eigenvalue weighted by Crippen LogP contribution is 2.62. The van der Waals surface area contributed by atoms with Crippen LogP contribution in [0.3, 0.4) is 0 Å². The molecule has 4 aromatic carbocycles. The summed E-state index contributed by atoms with van der Waals surface area (Å²) in [5.41, 5.74) is 8.57. The van der Waals surface area contributed by atoms with Gasteiger partial charge < -0.3 is 29.2 Å². The number of ketones is 1. The fraction of sp³-hybridized carbons (Fsp3) is 0.554. The second-order valence-corrected chi connectivity index (χ2v) is 20.6. The van der Waals surface area contributed by atoms with Crippen LogP contribution in [0.25, 0.3) is 0 Å². The lowest BCUT2D eigenvalue weighted by Gasteiger charge is -2.51. The molecule has 0 heterocycles. The first-order chi connectivity index (χ1) is 30.6. The van der Waals surface area contributed by atoms with Gasteiger partial charge in [-0.15, -0.1) is 0 Å². The first-order valence-corrected chi connectivity index (χ1v) is 24.3. The van der Waals surface area contributed by atoms with Crippen molar-refractivity contribution >= 4 is 5.78 Å². The molecule has 10 rings (SSSR count). The van der Waals surface area contributed by atoms with Crippen molar-refractivity contribution in [3.63, 3.8) is 0 Å². The number of hydrogen-bond acceptors (Lipinski definition) is 7. The van der Waals surface area contributed by atoms with Crippen LogP contribution < -0.4 is 24.3 Å². The van der Waals surface area contributed by atoms with Crippen molar-refractivity contribution in [3.8, 4) is 23.0 Å². The van der Waals surface area contributed by atoms with E-state index in [1.165, 1.54) is 66.3 Å². The molecule has 4 saturated carbocycles. The van der Waals surface area contributed by atoms with E-state index in [1.807, 2.05) is 24.3 Å². The first-order valence-electron chi connectivity index (χ1n) is 24.3. The van der Waals surface area contributed by atoms with E-state index < -0.39 is 0 Å². The Balaban J connectivity index is 0.000000162. The summed E-state index contributed by atoms with van der Waals surface area (Å²) in [6.07, 6.45) is 14.1. The Morgan fingerprint density at radius 3 is 1.70 bits per heavy atom. The van der Waals surface area contributed by atoms with Crippen molar-refractivity contribution in [3.05, 3.63) is 118 Å². The standard InChI is InChI=1S/C30H42N2O2.C26H30O3/c1-30-15-14-23-24(26(30)12-13-29(30)31-16-17-32(2)3)11-10-22-18-28(27(33-4)19-25(22)23)34-20-21-8-6-5-7-9-21;1-26-13-12-19-20(22(26)10-11-25(26)27)9-8-18-14-24(23(28-2)15-21(18)19)29-16-17-6-4-3-5-7-17/h5-9,18-19,23-24,26,29,31H,10-17,20H2,1-4H3;3-7,14-15,19-20,22H,8-13,16H2,1-2H3/t23?,24?,26?,29-,30-;19?,20?,22?,26-/m00/s1. The Morgan fingerprint density at radius 1 is 0.619 bits per heavy atom. The molecule has 7 heteroatoms. The van der Waals surface area contributed by atoms with Gasteiger partial charge in [-0.25, -0.2) is 0 Å². The van der Waals surface area contributed by atoms with Gasteiger partial charge in [-0.05, 0) is 183 Å². The number of carbonyl (C=O) groups excluding carboxylic acids is 1. The van der Waals surface area contributed by atoms with Gasteiger partial charge in [0.05, 0.1) is 14.2 Å². The first kappa shape index (κ1) is 43.9. The summed E-state index contributed by atoms with van der Waals surface area (Å²) in [5, 5.41) is 3.94. The zero-order valence-electron chi connectivity index (χ0n) is 38.9. The van der Waals surface area contributed by atoms with Crippen LogP contribution >= 0.6 is 0 Å². The van der Waals surface area contributed by atoms with E-state index in [9.17, 15) is 4.79 Å². The SMILES string of the molecule is COc1cc2c(cc1OCc1ccccc1)CCC1C2CC[C@@]2(C)C1CC[C@@H]2NCCN(C)C.COc1cc2c(cc1OCc1ccccc1)CCC1C2CC[C@]2(C)C(=O)CCC12. The average Bonchev–Trinajstić information content (AvgIpc) is 3.81. The topological polar surface area (TPSA) is 69.3 Å². The number of likely N-dealkylation sites (N-methyl/N-ethyl adjacent to an activating group) is 1. The summed E-state index contributed by atoms with van der Waals surface area (Å²) >= 11 is 0. The molecular formula is C56H72N2O5. The molecule has 0 radical (unpaired) electrons. The number of aryl methyl sites for hydroxylation is 2. The molecule has 7 nitrogen and oxygen atoms in total. The van der Waals surface area contributed by atoms with E-state index in [0.29, 0.717) is 54.1 Å². The molecule has 1 N–H and O–H groups in total. The van der Waals surface area contributed by atoms with E-state index >= 15 is 0 Å². The minimum atomic E-state index is -0.0680. The zero-order chi connectivity index (χ0) is 43.7. The summed E-state index contributed by atoms with van der Waals surface area (Å²) in [7, 11) is 7.83. The van der Waals surface area contributed by atoms with Crippen LogP contribution in [-0.4, -0.2) is 58.1 Å². The molecular weight excluding hydrogens is 781 g/mol. The van der Waals surface area contributed by atoms with E-state index in [1.54, 1.807) is 14.2 Å². The van der Waals surface area contributed by atoms with Crippen LogP contribution in [0, 0.1) is 34.5 Å². The average molecular weight is 853 g/mol. The third-order valence-electron chi connectivity index (χ3n) is 17.2. The van der Waals surface area contributed by atoms with Gasteiger partial charge in [-0.3, -0.25) is 4.79 Å². The van der Waals surface area contributed by atoms with Gasteiger partial charge in [0.25, 0.3) is 0 Å². The van der Waals surface area contributed by atoms with Crippen LogP contribution in [0.2, 0.25) is 0 Å². The summed E-state index contributed by atoms with van der Waals surface area (Å²) < 4.78 is 23.9. The third-order valence-corrected chi connectivity index (χ3v) is 17.2. The minimum Gasteiger partial charge on any atom is -0.493 e. The van der Waals surface area contributed by atoms with Gasteiger partial charge in [-0.2, -0.15) is 0 Å². The molecule has 336 valence electrons. The van der Waals surface area contributed by atoms with Crippen LogP contribution in [0.5, 0.6) is 23.0 Å². The maximum absolute atomic E-state index is 12.5. The number of ether oxygens (including phenoxy) is 4. The second kappa shape index (κ2) is 18.6. The molecule has 0 spiro atoms. The van der Waals surface area contributed by atoms with Gasteiger partial charge in [0, 0.05) is 31.0 Å². The Morgan fingerprint density at radius 2 is 1.16 bits per heavy atom. The quantitative estimate of drug-likeness (QED) is 0.152. The summed E-state index contributed by atoms with van der Waals surface area (Å²) in [4.78, 5) is 14.8. The van der Waals surface area contributed by atoms with Gasteiger partial charge in [0.15, 0.2) is 23.0 Å². The normalized spacial score (nSPS) is 30.1. The molecule has 0 aliphatic heterocycles. The molecule has 0 aromatic heterocycles. The van der Waals surface area contributed by atoms with E-state index in [4.69, 9.17) is 18.9 Å². The Hall–Kier alpha value is -4.33. The van der Waals surface area contributed by atoms with Crippen LogP contribution in [0.1, 0.15) is 123 Å². The fourth-order valence-electron chi connectivity index (χ4n) is 13.7. The van der Waals surface area contributed by atoms with E-state index in [2.05, 4.69) is 98.8 Å². The predicted octanol–water partition coefficient (Wildman–Crippen LogP) is 11.3. The molecule has 0 amide bonds. The van der Waals surface area contributed by atoms with Crippen molar-refractivity contribution < 1.29 is 23.7 Å². The summed E-state index contributed by atoms with van der Waals surface area (Å²) in [6.45, 7) is 8.16. The Kier molecular flexibility index (Phi) is 13.0. The third kappa shape index (κ3) is 8.66. The monoisotopic (exact) mass is 853 g/mol. The molecule has 0 saturated heterocycles. The number of benzene rings is 4. The number of rotatable bonds is 12. The maximum Gasteiger partial charge on any atom is 0.161 e. The lowest BCUT2D eigenvalue weighted by Crippen LogP contribution is -2.49. The summed E-state index contributed by atoms with van der Waals surface area (Å²) in [6, 6.07) is 30.3. The maximum atomic E-state index is 12.5. The Bertz CT molecular complexity index is 2210. The van der Waals surface area contributed by atoms with E-state index in [-0.39, 0.29) is 5.41 Å². The number of methoxy groups -OCH3 is 2. The largest absolute Gasteiger partial charge is 0.493 e. The number of hydrogen-bond donors (Lipinski definition) is 1. The van der Waals surface area contributed by atoms with Crippen molar-refractivity contribution in [2.45, 2.75) is 122 Å². The number of fused-ring (bicyclic) bond motifs is 10. The van der Waals surface area contributed by atoms with Crippen LogP contribution in [0.4, 0.5) is 0 Å². The smallest absolute Gasteiger partial charge is 0.161 e. The molecule has 63 heavy (non-hydrogen) atoms. The molecule has 6 aliphatic carbocycles. The lowest BCUT2D eigenvalue weighted by atomic mass is 9.55. The lowest BCUT2D eigenvalue weighted by molar-refractivity contribution is -0.129. The second-order valence-electron chi connectivity index (χ2n) is 20.6. The molecule has 6 aliphatic rings. The minimum absolute atomic E-state index is 0.0680. The number of nitrogens with one attached hydrogen (secondary N) is 1. The Labute approximate surface area is 377 Å². The van der Waals surface area contributed by atoms with Gasteiger partial charge in [-0.1, -0.05) is 74.5 Å². The molecule has 4 fully saturated rings. The number of Topliss-reactive ketones (excluding diaryl/α,β-unsaturated/α-hetero) is 1. The number of carbonyl (C=O) groups is 1. The highest BCUT2D eigenvalue weighted by molar-refractivity contribution is 5.87. The predicted molar refractivity (Wildman–Crippen MR) is 252 cm³/mol. The van der Waals surface area contributed by atoms with Crippen LogP contribution in [0.15, 0.2) is 84.9 Å². The molecule has 6 unspecified atom stereocenters. The highest BCUT2D eigenvalue weighted by atomic mass is 16.5. The van der Waals surface area contributed by atoms with Crippen molar-refractivity contribution in [2.75, 3.05) is 41.4 Å². The van der Waals surface area contributed by atoms with Crippen molar-refractivity contribution in [1.82, 2.24) is 10.2 Å². The fourth-order valence-corrected chi connectivity index (χ4v) is 13.7. The molecule has 9 atom stereocenters. The van der Waals surface area contributed by atoms with E-state index in [0.717, 1.165) is 92.0 Å². The van der Waals surface area contributed by atoms with Gasteiger partial charge in [0.1, 0.15) is 19.0 Å². The molecule has 4 aromatic rings. The van der Waals surface area contributed by atoms with Crippen molar-refractivity contribution in [2.24, 2.45) is 34.5 Å². The van der Waals surface area contributed by atoms with Crippen molar-refractivity contribution in [1.29, 1.82) is 0 Å². The van der Waals surface area contributed by atoms with Crippen LogP contribution in [-0.2, 0) is 30.8 Å². The summed E-state index contributed by atoms with van der Waals surface area (Å²) in [5.74, 6) is 7.99. The highest BCUT2D eigenvalue weighted by Gasteiger charge is 2.56. The van der Waals surface area contributed by atoms with Gasteiger partial charge >= 0.3 is 0 Å². The molecule has 0 bridgehead atoms.